The summed E-state index contributed by atoms with van der Waals surface area (Å²) < 4.78 is 2.34. The van der Waals surface area contributed by atoms with E-state index in [1.165, 1.54) is 38.5 Å². The fourth-order valence-corrected chi connectivity index (χ4v) is 2.34. The van der Waals surface area contributed by atoms with Crippen LogP contribution in [0.1, 0.15) is 58.4 Å². The first-order valence-corrected chi connectivity index (χ1v) is 7.11. The summed E-state index contributed by atoms with van der Waals surface area (Å²) in [6, 6.07) is 0.633. The Kier molecular flexibility index (Phi) is 4.46. The van der Waals surface area contributed by atoms with Crippen LogP contribution in [0.3, 0.4) is 0 Å². The van der Waals surface area contributed by atoms with E-state index in [9.17, 15) is 0 Å². The molecule has 0 aliphatic heterocycles. The average molecular weight is 235 g/mol. The quantitative estimate of drug-likeness (QED) is 0.694. The zero-order chi connectivity index (χ0) is 12.1. The van der Waals surface area contributed by atoms with Gasteiger partial charge in [-0.1, -0.05) is 33.1 Å². The van der Waals surface area contributed by atoms with Crippen LogP contribution >= 0.6 is 0 Å². The van der Waals surface area contributed by atoms with E-state index < -0.39 is 0 Å². The number of aromatic nitrogens is 2. The van der Waals surface area contributed by atoms with Gasteiger partial charge in [-0.15, -0.1) is 0 Å². The van der Waals surface area contributed by atoms with Gasteiger partial charge >= 0.3 is 0 Å². The molecule has 1 aromatic rings. The lowest BCUT2D eigenvalue weighted by molar-refractivity contribution is 0.432. The van der Waals surface area contributed by atoms with Crippen molar-refractivity contribution in [1.82, 2.24) is 9.55 Å². The Balaban J connectivity index is 1.94. The molecule has 1 fully saturated rings. The van der Waals surface area contributed by atoms with Gasteiger partial charge in [-0.2, -0.15) is 0 Å². The molecule has 1 N–H and O–H groups in total. The predicted octanol–water partition coefficient (Wildman–Crippen LogP) is 3.85. The van der Waals surface area contributed by atoms with Crippen LogP contribution < -0.4 is 5.32 Å². The third-order valence-electron chi connectivity index (χ3n) is 3.65. The smallest absolute Gasteiger partial charge is 0.203 e. The fourth-order valence-electron chi connectivity index (χ4n) is 2.34. The minimum absolute atomic E-state index is 0.633. The lowest BCUT2D eigenvalue weighted by atomic mass is 10.1. The van der Waals surface area contributed by atoms with Crippen LogP contribution in [0.5, 0.6) is 0 Å². The second kappa shape index (κ2) is 6.08. The van der Waals surface area contributed by atoms with Crippen LogP contribution in [0.2, 0.25) is 0 Å². The molecule has 0 spiro atoms. The maximum Gasteiger partial charge on any atom is 0.203 e. The standard InChI is InChI=1S/C14H25N3/c1-3-5-8-15-14-16-9-10-17(14)13(4-2)11-12-6-7-12/h9-10,12-13H,3-8,11H2,1-2H3,(H,15,16). The van der Waals surface area contributed by atoms with Crippen molar-refractivity contribution < 1.29 is 0 Å². The molecule has 1 unspecified atom stereocenters. The lowest BCUT2D eigenvalue weighted by Gasteiger charge is -2.19. The molecule has 0 aromatic carbocycles. The highest BCUT2D eigenvalue weighted by Gasteiger charge is 2.26. The summed E-state index contributed by atoms with van der Waals surface area (Å²) in [5, 5.41) is 3.45. The van der Waals surface area contributed by atoms with Gasteiger partial charge in [-0.3, -0.25) is 0 Å². The summed E-state index contributed by atoms with van der Waals surface area (Å²) in [6.07, 6.45) is 11.9. The van der Waals surface area contributed by atoms with Crippen molar-refractivity contribution in [2.75, 3.05) is 11.9 Å². The van der Waals surface area contributed by atoms with Crippen molar-refractivity contribution in [2.24, 2.45) is 5.92 Å². The van der Waals surface area contributed by atoms with Gasteiger partial charge in [-0.25, -0.2) is 4.98 Å². The van der Waals surface area contributed by atoms with Crippen molar-refractivity contribution in [2.45, 2.75) is 58.4 Å². The summed E-state index contributed by atoms with van der Waals surface area (Å²) >= 11 is 0. The molecule has 96 valence electrons. The average Bonchev–Trinajstić information content (AvgIpc) is 3.05. The molecule has 3 nitrogen and oxygen atoms in total. The Hall–Kier alpha value is -0.990. The molecule has 0 bridgehead atoms. The Morgan fingerprint density at radius 2 is 2.29 bits per heavy atom. The maximum absolute atomic E-state index is 4.44. The number of unbranched alkanes of at least 4 members (excludes halogenated alkanes) is 1. The number of nitrogens with one attached hydrogen (secondary N) is 1. The molecule has 2 rings (SSSR count). The van der Waals surface area contributed by atoms with Gasteiger partial charge < -0.3 is 9.88 Å². The monoisotopic (exact) mass is 235 g/mol. The second-order valence-electron chi connectivity index (χ2n) is 5.18. The van der Waals surface area contributed by atoms with Crippen LogP contribution in [-0.2, 0) is 0 Å². The third-order valence-corrected chi connectivity index (χ3v) is 3.65. The minimum Gasteiger partial charge on any atom is -0.356 e. The third kappa shape index (κ3) is 3.48. The van der Waals surface area contributed by atoms with Gasteiger partial charge in [0.05, 0.1) is 0 Å². The van der Waals surface area contributed by atoms with Gasteiger partial charge in [0.25, 0.3) is 0 Å². The van der Waals surface area contributed by atoms with Crippen LogP contribution in [-0.4, -0.2) is 16.1 Å². The number of hydrogen-bond donors (Lipinski definition) is 1. The molecule has 3 heteroatoms. The van der Waals surface area contributed by atoms with Crippen molar-refractivity contribution in [3.63, 3.8) is 0 Å². The van der Waals surface area contributed by atoms with Gasteiger partial charge in [0.1, 0.15) is 0 Å². The van der Waals surface area contributed by atoms with Crippen LogP contribution in [0.15, 0.2) is 12.4 Å². The summed E-state index contributed by atoms with van der Waals surface area (Å²) in [7, 11) is 0. The highest BCUT2D eigenvalue weighted by Crippen LogP contribution is 2.38. The molecular formula is C14H25N3. The van der Waals surface area contributed by atoms with E-state index in [1.54, 1.807) is 0 Å². The number of imidazole rings is 1. The van der Waals surface area contributed by atoms with E-state index in [0.717, 1.165) is 18.4 Å². The fraction of sp³-hybridized carbons (Fsp3) is 0.786. The molecule has 1 saturated carbocycles. The number of hydrogen-bond acceptors (Lipinski definition) is 2. The zero-order valence-corrected chi connectivity index (χ0v) is 11.2. The molecule has 17 heavy (non-hydrogen) atoms. The number of anilines is 1. The Labute approximate surface area is 105 Å². The largest absolute Gasteiger partial charge is 0.356 e. The first-order valence-electron chi connectivity index (χ1n) is 7.11. The van der Waals surface area contributed by atoms with Gasteiger partial charge in [0.2, 0.25) is 5.95 Å². The normalized spacial score (nSPS) is 17.1. The highest BCUT2D eigenvalue weighted by molar-refractivity contribution is 5.26. The second-order valence-corrected chi connectivity index (χ2v) is 5.18. The molecule has 1 atom stereocenters. The van der Waals surface area contributed by atoms with Crippen molar-refractivity contribution in [3.8, 4) is 0 Å². The van der Waals surface area contributed by atoms with Crippen LogP contribution in [0.4, 0.5) is 5.95 Å². The van der Waals surface area contributed by atoms with Crippen LogP contribution in [0, 0.1) is 5.92 Å². The Morgan fingerprint density at radius 3 is 2.94 bits per heavy atom. The van der Waals surface area contributed by atoms with E-state index in [4.69, 9.17) is 0 Å². The Morgan fingerprint density at radius 1 is 1.47 bits per heavy atom. The van der Waals surface area contributed by atoms with Crippen molar-refractivity contribution in [3.05, 3.63) is 12.4 Å². The van der Waals surface area contributed by atoms with Gasteiger partial charge in [0, 0.05) is 25.0 Å². The molecular weight excluding hydrogens is 210 g/mol. The molecule has 1 aliphatic carbocycles. The zero-order valence-electron chi connectivity index (χ0n) is 11.2. The molecule has 0 radical (unpaired) electrons. The molecule has 1 heterocycles. The van der Waals surface area contributed by atoms with Crippen molar-refractivity contribution >= 4 is 5.95 Å². The van der Waals surface area contributed by atoms with Gasteiger partial charge in [-0.05, 0) is 25.2 Å². The van der Waals surface area contributed by atoms with E-state index in [-0.39, 0.29) is 0 Å². The van der Waals surface area contributed by atoms with E-state index in [1.807, 2.05) is 6.20 Å². The topological polar surface area (TPSA) is 29.9 Å². The highest BCUT2D eigenvalue weighted by atomic mass is 15.2. The Bertz CT molecular complexity index is 328. The molecule has 1 aliphatic rings. The summed E-state index contributed by atoms with van der Waals surface area (Å²) in [6.45, 7) is 5.53. The predicted molar refractivity (Wildman–Crippen MR) is 72.3 cm³/mol. The summed E-state index contributed by atoms with van der Waals surface area (Å²) in [4.78, 5) is 4.44. The molecule has 0 saturated heterocycles. The minimum atomic E-state index is 0.633. The molecule has 0 amide bonds. The first-order chi connectivity index (χ1) is 8.35. The summed E-state index contributed by atoms with van der Waals surface area (Å²) in [5.41, 5.74) is 0. The van der Waals surface area contributed by atoms with E-state index >= 15 is 0 Å². The maximum atomic E-state index is 4.44. The van der Waals surface area contributed by atoms with Crippen LogP contribution in [0.25, 0.3) is 0 Å². The van der Waals surface area contributed by atoms with E-state index in [2.05, 4.69) is 34.9 Å². The molecule has 1 aromatic heterocycles. The SMILES string of the molecule is CCCCNc1nccn1C(CC)CC1CC1. The lowest BCUT2D eigenvalue weighted by Crippen LogP contribution is -2.13. The van der Waals surface area contributed by atoms with E-state index in [0.29, 0.717) is 6.04 Å². The van der Waals surface area contributed by atoms with Crippen molar-refractivity contribution in [1.29, 1.82) is 0 Å². The summed E-state index contributed by atoms with van der Waals surface area (Å²) in [5.74, 6) is 2.04. The first kappa shape index (κ1) is 12.5. The number of nitrogens with zero attached hydrogens (tertiary/aromatic N) is 2. The van der Waals surface area contributed by atoms with Gasteiger partial charge in [0.15, 0.2) is 0 Å². The number of rotatable bonds is 8.